The van der Waals surface area contributed by atoms with Gasteiger partial charge in [0.25, 0.3) is 0 Å². The first kappa shape index (κ1) is 9.00. The Labute approximate surface area is 73.6 Å². The maximum absolute atomic E-state index is 12.8. The van der Waals surface area contributed by atoms with Crippen LogP contribution in [0.1, 0.15) is 5.56 Å². The highest BCUT2D eigenvalue weighted by Gasteiger charge is 2.02. The monoisotopic (exact) mass is 187 g/mol. The third kappa shape index (κ3) is 2.20. The van der Waals surface area contributed by atoms with Crippen LogP contribution >= 0.6 is 11.6 Å². The van der Waals surface area contributed by atoms with Crippen LogP contribution in [0.3, 0.4) is 0 Å². The van der Waals surface area contributed by atoms with Gasteiger partial charge in [-0.25, -0.2) is 4.39 Å². The van der Waals surface area contributed by atoms with Crippen LogP contribution in [0.15, 0.2) is 18.2 Å². The highest BCUT2D eigenvalue weighted by atomic mass is 35.5. The number of carbonyl (C=O) groups is 1. The first-order valence-corrected chi connectivity index (χ1v) is 3.61. The molecule has 0 amide bonds. The van der Waals surface area contributed by atoms with E-state index in [1.807, 2.05) is 0 Å². The minimum absolute atomic E-state index is 0.0440. The number of benzene rings is 1. The van der Waals surface area contributed by atoms with E-state index in [4.69, 9.17) is 11.6 Å². The molecule has 0 atom stereocenters. The van der Waals surface area contributed by atoms with Crippen molar-refractivity contribution < 1.29 is 14.3 Å². The van der Waals surface area contributed by atoms with Crippen LogP contribution in [0.4, 0.5) is 4.39 Å². The van der Waals surface area contributed by atoms with Crippen molar-refractivity contribution in [2.45, 2.75) is 6.42 Å². The summed E-state index contributed by atoms with van der Waals surface area (Å²) < 4.78 is 12.8. The molecule has 0 unspecified atom stereocenters. The zero-order valence-electron chi connectivity index (χ0n) is 6.01. The zero-order chi connectivity index (χ0) is 9.14. The first-order valence-electron chi connectivity index (χ1n) is 3.23. The van der Waals surface area contributed by atoms with E-state index in [9.17, 15) is 14.3 Å². The quantitative estimate of drug-likeness (QED) is 0.686. The molecule has 0 saturated heterocycles. The second-order valence-corrected chi connectivity index (χ2v) is 2.72. The summed E-state index contributed by atoms with van der Waals surface area (Å²) in [5, 5.41) is 10.4. The van der Waals surface area contributed by atoms with Gasteiger partial charge in [-0.3, -0.25) is 0 Å². The molecular weight excluding hydrogens is 183 g/mol. The summed E-state index contributed by atoms with van der Waals surface area (Å²) in [6, 6.07) is 3.75. The van der Waals surface area contributed by atoms with Gasteiger partial charge in [0, 0.05) is 17.4 Å². The van der Waals surface area contributed by atoms with E-state index in [0.29, 0.717) is 5.02 Å². The molecule has 0 radical (unpaired) electrons. The molecule has 0 N–H and O–H groups in total. The summed E-state index contributed by atoms with van der Waals surface area (Å²) in [6.45, 7) is 0. The van der Waals surface area contributed by atoms with Crippen LogP contribution in [0.25, 0.3) is 0 Å². The predicted octanol–water partition coefficient (Wildman–Crippen LogP) is 0.771. The van der Waals surface area contributed by atoms with Gasteiger partial charge >= 0.3 is 0 Å². The number of halogens is 2. The minimum atomic E-state index is -1.32. The van der Waals surface area contributed by atoms with E-state index < -0.39 is 18.2 Å². The molecule has 0 aliphatic carbocycles. The number of hydrogen-bond acceptors (Lipinski definition) is 2. The normalized spacial score (nSPS) is 9.83. The van der Waals surface area contributed by atoms with E-state index in [1.165, 1.54) is 12.1 Å². The smallest absolute Gasteiger partial charge is 0.126 e. The first-order chi connectivity index (χ1) is 5.59. The van der Waals surface area contributed by atoms with Gasteiger partial charge in [-0.05, 0) is 23.8 Å². The van der Waals surface area contributed by atoms with Gasteiger partial charge < -0.3 is 9.90 Å². The number of hydrogen-bond donors (Lipinski definition) is 0. The van der Waals surface area contributed by atoms with Gasteiger partial charge in [-0.2, -0.15) is 0 Å². The maximum Gasteiger partial charge on any atom is 0.126 e. The van der Waals surface area contributed by atoms with Crippen LogP contribution in [0.5, 0.6) is 0 Å². The molecule has 0 heterocycles. The average molecular weight is 188 g/mol. The van der Waals surface area contributed by atoms with E-state index >= 15 is 0 Å². The highest BCUT2D eigenvalue weighted by Crippen LogP contribution is 2.14. The topological polar surface area (TPSA) is 40.1 Å². The molecule has 0 spiro atoms. The molecule has 0 bridgehead atoms. The van der Waals surface area contributed by atoms with Crippen molar-refractivity contribution in [2.75, 3.05) is 0 Å². The van der Waals surface area contributed by atoms with E-state index in [-0.39, 0.29) is 5.56 Å². The summed E-state index contributed by atoms with van der Waals surface area (Å²) in [4.78, 5) is 10.1. The van der Waals surface area contributed by atoms with Crippen LogP contribution in [-0.4, -0.2) is 5.97 Å². The molecule has 0 saturated carbocycles. The Morgan fingerprint density at radius 2 is 2.25 bits per heavy atom. The van der Waals surface area contributed by atoms with Crippen LogP contribution in [0.2, 0.25) is 5.02 Å². The number of carboxylic acids is 1. The Kier molecular flexibility index (Phi) is 2.65. The minimum Gasteiger partial charge on any atom is -0.550 e. The maximum atomic E-state index is 12.8. The van der Waals surface area contributed by atoms with Crippen LogP contribution < -0.4 is 5.11 Å². The molecule has 0 fully saturated rings. The molecule has 4 heteroatoms. The average Bonchev–Trinajstić information content (AvgIpc) is 1.96. The Balaban J connectivity index is 2.97. The summed E-state index contributed by atoms with van der Waals surface area (Å²) >= 11 is 5.52. The third-order valence-electron chi connectivity index (χ3n) is 1.34. The molecule has 0 aliphatic rings. The molecule has 0 aliphatic heterocycles. The second kappa shape index (κ2) is 3.54. The lowest BCUT2D eigenvalue weighted by Gasteiger charge is -2.03. The van der Waals surface area contributed by atoms with Crippen LogP contribution in [-0.2, 0) is 11.2 Å². The molecular formula is C8H5ClFO2-. The lowest BCUT2D eigenvalue weighted by Crippen LogP contribution is -2.24. The van der Waals surface area contributed by atoms with Gasteiger partial charge in [-0.1, -0.05) is 11.6 Å². The highest BCUT2D eigenvalue weighted by molar-refractivity contribution is 6.30. The lowest BCUT2D eigenvalue weighted by molar-refractivity contribution is -0.304. The number of rotatable bonds is 2. The number of aliphatic carboxylic acids is 1. The SMILES string of the molecule is O=C([O-])Cc1cc(Cl)ccc1F. The largest absolute Gasteiger partial charge is 0.550 e. The molecule has 64 valence electrons. The van der Waals surface area contributed by atoms with Gasteiger partial charge in [0.05, 0.1) is 0 Å². The molecule has 2 nitrogen and oxygen atoms in total. The van der Waals surface area contributed by atoms with Gasteiger partial charge in [0.2, 0.25) is 0 Å². The second-order valence-electron chi connectivity index (χ2n) is 2.28. The fourth-order valence-corrected chi connectivity index (χ4v) is 1.03. The van der Waals surface area contributed by atoms with Crippen molar-refractivity contribution in [2.24, 2.45) is 0 Å². The fraction of sp³-hybridized carbons (Fsp3) is 0.125. The molecule has 1 rings (SSSR count). The summed E-state index contributed by atoms with van der Waals surface area (Å²) in [5.74, 6) is -1.90. The number of carboxylic acid groups (broad SMARTS) is 1. The molecule has 1 aromatic rings. The van der Waals surface area contributed by atoms with Crippen molar-refractivity contribution >= 4 is 17.6 Å². The predicted molar refractivity (Wildman–Crippen MR) is 40.1 cm³/mol. The van der Waals surface area contributed by atoms with E-state index in [1.54, 1.807) is 0 Å². The van der Waals surface area contributed by atoms with Crippen molar-refractivity contribution in [3.63, 3.8) is 0 Å². The van der Waals surface area contributed by atoms with E-state index in [2.05, 4.69) is 0 Å². The number of carbonyl (C=O) groups excluding carboxylic acids is 1. The summed E-state index contributed by atoms with van der Waals surface area (Å²) in [6.07, 6.45) is -0.452. The van der Waals surface area contributed by atoms with Crippen molar-refractivity contribution in [3.05, 3.63) is 34.6 Å². The lowest BCUT2D eigenvalue weighted by atomic mass is 10.1. The van der Waals surface area contributed by atoms with Gasteiger partial charge in [0.15, 0.2) is 0 Å². The van der Waals surface area contributed by atoms with Gasteiger partial charge in [-0.15, -0.1) is 0 Å². The van der Waals surface area contributed by atoms with Crippen LogP contribution in [0, 0.1) is 5.82 Å². The Morgan fingerprint density at radius 1 is 1.58 bits per heavy atom. The van der Waals surface area contributed by atoms with Crippen molar-refractivity contribution in [3.8, 4) is 0 Å². The Morgan fingerprint density at radius 3 is 2.83 bits per heavy atom. The van der Waals surface area contributed by atoms with E-state index in [0.717, 1.165) is 6.07 Å². The zero-order valence-corrected chi connectivity index (χ0v) is 6.77. The Hall–Kier alpha value is -1.09. The molecule has 1 aromatic carbocycles. The van der Waals surface area contributed by atoms with Crippen molar-refractivity contribution in [1.82, 2.24) is 0 Å². The third-order valence-corrected chi connectivity index (χ3v) is 1.58. The summed E-state index contributed by atoms with van der Waals surface area (Å²) in [5.41, 5.74) is 0.0440. The molecule has 0 aromatic heterocycles. The summed E-state index contributed by atoms with van der Waals surface area (Å²) in [7, 11) is 0. The Bertz CT molecular complexity index is 312. The van der Waals surface area contributed by atoms with Crippen molar-refractivity contribution in [1.29, 1.82) is 0 Å². The standard InChI is InChI=1S/C8H6ClFO2/c9-6-1-2-7(10)5(3-6)4-8(11)12/h1-3H,4H2,(H,11,12)/p-1. The van der Waals surface area contributed by atoms with Gasteiger partial charge in [0.1, 0.15) is 5.82 Å². The molecule has 12 heavy (non-hydrogen) atoms. The fourth-order valence-electron chi connectivity index (χ4n) is 0.834.